The largest absolute Gasteiger partial charge is 0.338 e. The van der Waals surface area contributed by atoms with Gasteiger partial charge in [-0.25, -0.2) is 0 Å². The first kappa shape index (κ1) is 19.3. The summed E-state index contributed by atoms with van der Waals surface area (Å²) in [6, 6.07) is 0.358. The third kappa shape index (κ3) is 5.42. The Morgan fingerprint density at radius 3 is 2.00 bits per heavy atom. The Morgan fingerprint density at radius 1 is 1.24 bits per heavy atom. The third-order valence-electron chi connectivity index (χ3n) is 2.87. The molecule has 1 heterocycles. The van der Waals surface area contributed by atoms with Crippen LogP contribution in [0, 0.1) is 5.92 Å². The van der Waals surface area contributed by atoms with Crippen LogP contribution < -0.4 is 11.1 Å². The van der Waals surface area contributed by atoms with Gasteiger partial charge >= 0.3 is 0 Å². The van der Waals surface area contributed by atoms with E-state index in [2.05, 4.69) is 19.2 Å². The van der Waals surface area contributed by atoms with E-state index in [0.717, 1.165) is 13.1 Å². The summed E-state index contributed by atoms with van der Waals surface area (Å²) in [6.45, 7) is 9.69. The number of hydrogen-bond donors (Lipinski definition) is 2. The van der Waals surface area contributed by atoms with Crippen LogP contribution in [0.1, 0.15) is 27.7 Å². The van der Waals surface area contributed by atoms with Gasteiger partial charge < -0.3 is 16.0 Å². The Balaban J connectivity index is 0. The Morgan fingerprint density at radius 2 is 1.65 bits per heavy atom. The molecule has 104 valence electrons. The fourth-order valence-electron chi connectivity index (χ4n) is 2.00. The van der Waals surface area contributed by atoms with Crippen LogP contribution >= 0.6 is 24.8 Å². The van der Waals surface area contributed by atoms with Crippen molar-refractivity contribution >= 4 is 30.7 Å². The average Bonchev–Trinajstić information content (AvgIpc) is 2.13. The minimum absolute atomic E-state index is 0. The fraction of sp³-hybridized carbons (Fsp3) is 0.909. The molecular formula is C11H25Cl2N3O. The molecule has 1 saturated heterocycles. The van der Waals surface area contributed by atoms with Crippen molar-refractivity contribution in [2.45, 2.75) is 45.8 Å². The summed E-state index contributed by atoms with van der Waals surface area (Å²) in [6.07, 6.45) is 0. The number of carbonyl (C=O) groups excluding carboxylic acids is 1. The lowest BCUT2D eigenvalue weighted by Crippen LogP contribution is -2.59. The van der Waals surface area contributed by atoms with Crippen LogP contribution in [-0.2, 0) is 4.79 Å². The summed E-state index contributed by atoms with van der Waals surface area (Å²) in [5.41, 5.74) is 5.87. The standard InChI is InChI=1S/C11H23N3O.2ClH/c1-7(2)10(12)11(15)14-5-8(3)13-9(4)6-14;;/h7-10,13H,5-6,12H2,1-4H3;2*1H/t8?,9?,10-;;/m0../s1. The first-order chi connectivity index (χ1) is 6.91. The van der Waals surface area contributed by atoms with Crippen molar-refractivity contribution < 1.29 is 4.79 Å². The normalized spacial score (nSPS) is 25.9. The minimum Gasteiger partial charge on any atom is -0.338 e. The highest BCUT2D eigenvalue weighted by Gasteiger charge is 2.29. The summed E-state index contributed by atoms with van der Waals surface area (Å²) >= 11 is 0. The number of nitrogens with two attached hydrogens (primary N) is 1. The van der Waals surface area contributed by atoms with Gasteiger partial charge in [-0.1, -0.05) is 13.8 Å². The number of nitrogens with one attached hydrogen (secondary N) is 1. The molecule has 0 spiro atoms. The molecule has 0 saturated carbocycles. The molecule has 1 aliphatic heterocycles. The number of halogens is 2. The van der Waals surface area contributed by atoms with Crippen molar-refractivity contribution in [1.29, 1.82) is 0 Å². The highest BCUT2D eigenvalue weighted by molar-refractivity contribution is 5.85. The first-order valence-electron chi connectivity index (χ1n) is 5.72. The molecule has 0 radical (unpaired) electrons. The zero-order valence-corrected chi connectivity index (χ0v) is 12.6. The maximum atomic E-state index is 12.0. The predicted molar refractivity (Wildman–Crippen MR) is 75.9 cm³/mol. The van der Waals surface area contributed by atoms with E-state index in [4.69, 9.17) is 5.73 Å². The van der Waals surface area contributed by atoms with Crippen molar-refractivity contribution in [2.75, 3.05) is 13.1 Å². The van der Waals surface area contributed by atoms with Gasteiger partial charge in [0.25, 0.3) is 0 Å². The van der Waals surface area contributed by atoms with Crippen LogP contribution in [0.25, 0.3) is 0 Å². The minimum atomic E-state index is -0.359. The Labute approximate surface area is 117 Å². The lowest BCUT2D eigenvalue weighted by atomic mass is 10.0. The molecule has 1 aliphatic rings. The molecule has 0 aromatic heterocycles. The average molecular weight is 286 g/mol. The molecule has 3 atom stereocenters. The van der Waals surface area contributed by atoms with Gasteiger partial charge in [0.15, 0.2) is 0 Å². The van der Waals surface area contributed by atoms with Crippen molar-refractivity contribution in [3.63, 3.8) is 0 Å². The lowest BCUT2D eigenvalue weighted by molar-refractivity contribution is -0.135. The molecule has 1 amide bonds. The fourth-order valence-corrected chi connectivity index (χ4v) is 2.00. The quantitative estimate of drug-likeness (QED) is 0.797. The number of piperazine rings is 1. The maximum Gasteiger partial charge on any atom is 0.239 e. The smallest absolute Gasteiger partial charge is 0.239 e. The van der Waals surface area contributed by atoms with Gasteiger partial charge in [0, 0.05) is 25.2 Å². The highest BCUT2D eigenvalue weighted by Crippen LogP contribution is 2.09. The van der Waals surface area contributed by atoms with Gasteiger partial charge in [-0.15, -0.1) is 24.8 Å². The van der Waals surface area contributed by atoms with Crippen LogP contribution in [0.15, 0.2) is 0 Å². The SMILES string of the molecule is CC1CN(C(=O)[C@@H](N)C(C)C)CC(C)N1.Cl.Cl. The highest BCUT2D eigenvalue weighted by atomic mass is 35.5. The molecule has 0 aromatic rings. The van der Waals surface area contributed by atoms with Gasteiger partial charge in [0.05, 0.1) is 6.04 Å². The molecule has 0 bridgehead atoms. The summed E-state index contributed by atoms with van der Waals surface area (Å²) < 4.78 is 0. The van der Waals surface area contributed by atoms with E-state index in [0.29, 0.717) is 12.1 Å². The van der Waals surface area contributed by atoms with Gasteiger partial charge in [-0.3, -0.25) is 4.79 Å². The summed E-state index contributed by atoms with van der Waals surface area (Å²) in [4.78, 5) is 13.9. The molecule has 4 nitrogen and oxygen atoms in total. The van der Waals surface area contributed by atoms with Gasteiger partial charge in [-0.2, -0.15) is 0 Å². The van der Waals surface area contributed by atoms with E-state index < -0.39 is 0 Å². The Bertz CT molecular complexity index is 229. The molecule has 17 heavy (non-hydrogen) atoms. The van der Waals surface area contributed by atoms with Crippen molar-refractivity contribution in [3.05, 3.63) is 0 Å². The molecule has 0 aliphatic carbocycles. The van der Waals surface area contributed by atoms with Gasteiger partial charge in [0.2, 0.25) is 5.91 Å². The summed E-state index contributed by atoms with van der Waals surface area (Å²) in [5.74, 6) is 0.295. The Hall–Kier alpha value is -0.0300. The zero-order chi connectivity index (χ0) is 11.6. The van der Waals surface area contributed by atoms with E-state index in [-0.39, 0.29) is 42.7 Å². The van der Waals surface area contributed by atoms with Crippen LogP contribution in [-0.4, -0.2) is 42.0 Å². The van der Waals surface area contributed by atoms with E-state index >= 15 is 0 Å². The summed E-state index contributed by atoms with van der Waals surface area (Å²) in [7, 11) is 0. The van der Waals surface area contributed by atoms with E-state index in [9.17, 15) is 4.79 Å². The second kappa shape index (κ2) is 8.14. The third-order valence-corrected chi connectivity index (χ3v) is 2.87. The number of carbonyl (C=O) groups is 1. The van der Waals surface area contributed by atoms with Crippen molar-refractivity contribution in [2.24, 2.45) is 11.7 Å². The van der Waals surface area contributed by atoms with Crippen LogP contribution in [0.5, 0.6) is 0 Å². The molecule has 1 rings (SSSR count). The van der Waals surface area contributed by atoms with Crippen LogP contribution in [0.3, 0.4) is 0 Å². The van der Waals surface area contributed by atoms with Gasteiger partial charge in [0.1, 0.15) is 0 Å². The topological polar surface area (TPSA) is 58.4 Å². The molecule has 2 unspecified atom stereocenters. The van der Waals surface area contributed by atoms with Gasteiger partial charge in [-0.05, 0) is 19.8 Å². The molecule has 6 heteroatoms. The monoisotopic (exact) mass is 285 g/mol. The molecule has 1 fully saturated rings. The van der Waals surface area contributed by atoms with E-state index in [1.165, 1.54) is 0 Å². The predicted octanol–water partition coefficient (Wildman–Crippen LogP) is 1.02. The van der Waals surface area contributed by atoms with Crippen LogP contribution in [0.4, 0.5) is 0 Å². The first-order valence-corrected chi connectivity index (χ1v) is 5.72. The van der Waals surface area contributed by atoms with E-state index in [1.807, 2.05) is 18.7 Å². The Kier molecular flexibility index (Phi) is 9.25. The van der Waals surface area contributed by atoms with Crippen LogP contribution in [0.2, 0.25) is 0 Å². The lowest BCUT2D eigenvalue weighted by Gasteiger charge is -2.37. The number of rotatable bonds is 2. The molecular weight excluding hydrogens is 261 g/mol. The zero-order valence-electron chi connectivity index (χ0n) is 11.0. The molecule has 3 N–H and O–H groups in total. The number of hydrogen-bond acceptors (Lipinski definition) is 3. The maximum absolute atomic E-state index is 12.0. The second-order valence-electron chi connectivity index (χ2n) is 4.98. The van der Waals surface area contributed by atoms with Crippen molar-refractivity contribution in [3.8, 4) is 0 Å². The number of nitrogens with zero attached hydrogens (tertiary/aromatic N) is 1. The van der Waals surface area contributed by atoms with E-state index in [1.54, 1.807) is 0 Å². The number of amides is 1. The summed E-state index contributed by atoms with van der Waals surface area (Å²) in [5, 5.41) is 3.40. The van der Waals surface area contributed by atoms with Crippen molar-refractivity contribution in [1.82, 2.24) is 10.2 Å². The second-order valence-corrected chi connectivity index (χ2v) is 4.98. The molecule has 0 aromatic carbocycles.